The normalized spacial score (nSPS) is 10.7. The van der Waals surface area contributed by atoms with Gasteiger partial charge in [-0.2, -0.15) is 5.10 Å². The van der Waals surface area contributed by atoms with E-state index in [0.717, 1.165) is 0 Å². The van der Waals surface area contributed by atoms with Crippen LogP contribution in [-0.4, -0.2) is 30.8 Å². The predicted molar refractivity (Wildman–Crippen MR) is 93.5 cm³/mol. The van der Waals surface area contributed by atoms with Crippen LogP contribution < -0.4 is 14.9 Å². The minimum Gasteiger partial charge on any atom is -0.493 e. The zero-order valence-electron chi connectivity index (χ0n) is 13.0. The number of amides is 1. The fourth-order valence-corrected chi connectivity index (χ4v) is 2.26. The maximum Gasteiger partial charge on any atom is 0.274 e. The van der Waals surface area contributed by atoms with Gasteiger partial charge >= 0.3 is 0 Å². The molecular formula is C16H15Cl2N3O3. The third-order valence-electron chi connectivity index (χ3n) is 2.96. The van der Waals surface area contributed by atoms with E-state index in [1.165, 1.54) is 19.5 Å². The molecule has 8 heteroatoms. The first-order valence-corrected chi connectivity index (χ1v) is 7.76. The molecule has 24 heavy (non-hydrogen) atoms. The first-order valence-electron chi connectivity index (χ1n) is 7.01. The molecule has 2 aromatic rings. The Balaban J connectivity index is 2.14. The highest BCUT2D eigenvalue weighted by atomic mass is 35.5. The molecule has 0 spiro atoms. The number of ether oxygens (including phenoxy) is 2. The number of halogens is 2. The molecule has 1 N–H and O–H groups in total. The first kappa shape index (κ1) is 18.0. The van der Waals surface area contributed by atoms with Crippen LogP contribution in [0.5, 0.6) is 11.5 Å². The fourth-order valence-electron chi connectivity index (χ4n) is 1.85. The maximum atomic E-state index is 12.0. The van der Waals surface area contributed by atoms with Crippen molar-refractivity contribution in [1.82, 2.24) is 10.4 Å². The Bertz CT molecular complexity index is 766. The number of nitrogens with one attached hydrogen (secondary N) is 1. The van der Waals surface area contributed by atoms with Gasteiger partial charge in [-0.25, -0.2) is 10.4 Å². The summed E-state index contributed by atoms with van der Waals surface area (Å²) in [6, 6.07) is 6.46. The smallest absolute Gasteiger partial charge is 0.274 e. The van der Waals surface area contributed by atoms with E-state index >= 15 is 0 Å². The van der Waals surface area contributed by atoms with E-state index in [1.54, 1.807) is 24.3 Å². The summed E-state index contributed by atoms with van der Waals surface area (Å²) in [6.45, 7) is 2.35. The number of nitrogens with zero attached hydrogens (tertiary/aromatic N) is 2. The molecule has 1 heterocycles. The van der Waals surface area contributed by atoms with E-state index in [9.17, 15) is 4.79 Å². The largest absolute Gasteiger partial charge is 0.493 e. The van der Waals surface area contributed by atoms with Gasteiger partial charge in [-0.3, -0.25) is 4.79 Å². The number of carbonyl (C=O) groups is 1. The lowest BCUT2D eigenvalue weighted by Crippen LogP contribution is -2.18. The highest BCUT2D eigenvalue weighted by Gasteiger charge is 2.11. The van der Waals surface area contributed by atoms with Gasteiger partial charge < -0.3 is 9.47 Å². The second kappa shape index (κ2) is 8.52. The van der Waals surface area contributed by atoms with Crippen LogP contribution in [0.1, 0.15) is 22.8 Å². The van der Waals surface area contributed by atoms with Crippen molar-refractivity contribution < 1.29 is 14.3 Å². The number of hydrazone groups is 1. The number of hydrogen-bond acceptors (Lipinski definition) is 5. The number of aromatic nitrogens is 1. The number of carbonyl (C=O) groups excluding carboxylic acids is 1. The Labute approximate surface area is 149 Å². The van der Waals surface area contributed by atoms with Crippen molar-refractivity contribution in [3.8, 4) is 11.5 Å². The number of pyridine rings is 1. The van der Waals surface area contributed by atoms with Crippen LogP contribution in [0.4, 0.5) is 0 Å². The van der Waals surface area contributed by atoms with Crippen molar-refractivity contribution in [2.24, 2.45) is 5.10 Å². The van der Waals surface area contributed by atoms with Crippen molar-refractivity contribution in [2.75, 3.05) is 13.7 Å². The third-order valence-corrected chi connectivity index (χ3v) is 3.58. The van der Waals surface area contributed by atoms with Crippen LogP contribution in [0.2, 0.25) is 10.2 Å². The summed E-state index contributed by atoms with van der Waals surface area (Å²) in [5.41, 5.74) is 3.16. The van der Waals surface area contributed by atoms with Gasteiger partial charge in [0.15, 0.2) is 11.5 Å². The molecule has 0 fully saturated rings. The van der Waals surface area contributed by atoms with E-state index < -0.39 is 5.91 Å². The lowest BCUT2D eigenvalue weighted by Gasteiger charge is -2.11. The lowest BCUT2D eigenvalue weighted by molar-refractivity contribution is 0.0955. The lowest BCUT2D eigenvalue weighted by atomic mass is 10.2. The van der Waals surface area contributed by atoms with Gasteiger partial charge in [0.05, 0.1) is 30.5 Å². The minimum atomic E-state index is -0.474. The number of methoxy groups -OCH3 is 1. The molecule has 0 radical (unpaired) electrons. The Hall–Kier alpha value is -2.31. The average molecular weight is 368 g/mol. The molecule has 1 amide bonds. The van der Waals surface area contributed by atoms with Gasteiger partial charge in [0, 0.05) is 17.8 Å². The van der Waals surface area contributed by atoms with Crippen LogP contribution in [0.25, 0.3) is 0 Å². The summed E-state index contributed by atoms with van der Waals surface area (Å²) in [5.74, 6) is 0.580. The third kappa shape index (κ3) is 4.37. The van der Waals surface area contributed by atoms with Crippen molar-refractivity contribution in [2.45, 2.75) is 6.92 Å². The Kier molecular flexibility index (Phi) is 6.40. The van der Waals surface area contributed by atoms with Gasteiger partial charge in [0.1, 0.15) is 5.15 Å². The highest BCUT2D eigenvalue weighted by Crippen LogP contribution is 2.32. The number of hydrogen-bond donors (Lipinski definition) is 1. The Morgan fingerprint density at radius 3 is 2.83 bits per heavy atom. The summed E-state index contributed by atoms with van der Waals surface area (Å²) in [6.07, 6.45) is 2.90. The van der Waals surface area contributed by atoms with E-state index in [1.807, 2.05) is 6.92 Å². The highest BCUT2D eigenvalue weighted by molar-refractivity contribution is 6.33. The molecule has 0 saturated carbocycles. The molecule has 1 aromatic heterocycles. The Morgan fingerprint density at radius 1 is 1.38 bits per heavy atom. The van der Waals surface area contributed by atoms with Crippen LogP contribution in [-0.2, 0) is 0 Å². The summed E-state index contributed by atoms with van der Waals surface area (Å²) >= 11 is 12.0. The second-order valence-electron chi connectivity index (χ2n) is 4.50. The second-order valence-corrected chi connectivity index (χ2v) is 5.26. The summed E-state index contributed by atoms with van der Waals surface area (Å²) in [4.78, 5) is 15.8. The van der Waals surface area contributed by atoms with Crippen molar-refractivity contribution in [3.05, 3.63) is 51.8 Å². The van der Waals surface area contributed by atoms with Crippen LogP contribution in [0.3, 0.4) is 0 Å². The molecule has 0 saturated heterocycles. The van der Waals surface area contributed by atoms with Crippen molar-refractivity contribution >= 4 is 35.3 Å². The van der Waals surface area contributed by atoms with Crippen LogP contribution >= 0.6 is 23.2 Å². The molecule has 0 aliphatic carbocycles. The quantitative estimate of drug-likeness (QED) is 0.481. The van der Waals surface area contributed by atoms with Crippen molar-refractivity contribution in [3.63, 3.8) is 0 Å². The first-order chi connectivity index (χ1) is 11.6. The minimum absolute atomic E-state index is 0.103. The summed E-state index contributed by atoms with van der Waals surface area (Å²) in [5, 5.41) is 4.40. The van der Waals surface area contributed by atoms with Gasteiger partial charge in [-0.15, -0.1) is 0 Å². The summed E-state index contributed by atoms with van der Waals surface area (Å²) < 4.78 is 10.7. The average Bonchev–Trinajstić information content (AvgIpc) is 2.57. The molecule has 126 valence electrons. The standard InChI is InChI=1S/C16H15Cl2N3O3/c1-3-24-14-8-12(17)10(7-13(14)23-2)9-20-21-16(22)11-5-4-6-19-15(11)18/h4-9H,3H2,1-2H3,(H,21,22). The molecule has 1 aromatic carbocycles. The van der Waals surface area contributed by atoms with Gasteiger partial charge in [0.25, 0.3) is 5.91 Å². The summed E-state index contributed by atoms with van der Waals surface area (Å²) in [7, 11) is 1.53. The molecule has 0 atom stereocenters. The van der Waals surface area contributed by atoms with Crippen LogP contribution in [0, 0.1) is 0 Å². The zero-order valence-corrected chi connectivity index (χ0v) is 14.6. The number of rotatable bonds is 6. The molecule has 6 nitrogen and oxygen atoms in total. The van der Waals surface area contributed by atoms with E-state index in [-0.39, 0.29) is 10.7 Å². The maximum absolute atomic E-state index is 12.0. The monoisotopic (exact) mass is 367 g/mol. The number of benzene rings is 1. The molecule has 2 rings (SSSR count). The molecule has 0 aliphatic heterocycles. The van der Waals surface area contributed by atoms with Gasteiger partial charge in [0.2, 0.25) is 0 Å². The van der Waals surface area contributed by atoms with E-state index in [4.69, 9.17) is 32.7 Å². The molecule has 0 unspecified atom stereocenters. The Morgan fingerprint density at radius 2 is 2.17 bits per heavy atom. The van der Waals surface area contributed by atoms with Gasteiger partial charge in [-0.1, -0.05) is 23.2 Å². The van der Waals surface area contributed by atoms with E-state index in [0.29, 0.717) is 28.7 Å². The SMILES string of the molecule is CCOc1cc(Cl)c(C=NNC(=O)c2cccnc2Cl)cc1OC. The predicted octanol–water partition coefficient (Wildman–Crippen LogP) is 3.56. The molecule has 0 bridgehead atoms. The van der Waals surface area contributed by atoms with Crippen molar-refractivity contribution in [1.29, 1.82) is 0 Å². The topological polar surface area (TPSA) is 72.8 Å². The zero-order chi connectivity index (χ0) is 17.5. The molecular weight excluding hydrogens is 353 g/mol. The molecule has 0 aliphatic rings. The van der Waals surface area contributed by atoms with E-state index in [2.05, 4.69) is 15.5 Å². The fraction of sp³-hybridized carbons (Fsp3) is 0.188. The van der Waals surface area contributed by atoms with Gasteiger partial charge in [-0.05, 0) is 25.1 Å². The van der Waals surface area contributed by atoms with Crippen LogP contribution in [0.15, 0.2) is 35.6 Å².